The average Bonchev–Trinajstić information content (AvgIpc) is 2.91. The van der Waals surface area contributed by atoms with Crippen molar-refractivity contribution in [3.63, 3.8) is 0 Å². The summed E-state index contributed by atoms with van der Waals surface area (Å²) < 4.78 is 5.79. The predicted molar refractivity (Wildman–Crippen MR) is 69.7 cm³/mol. The molecule has 0 unspecified atom stereocenters. The highest BCUT2D eigenvalue weighted by atomic mass is 16.5. The molecule has 1 fully saturated rings. The van der Waals surface area contributed by atoms with Crippen LogP contribution in [-0.2, 0) is 4.74 Å². The van der Waals surface area contributed by atoms with E-state index in [0.717, 1.165) is 32.2 Å². The van der Waals surface area contributed by atoms with Crippen LogP contribution in [0.2, 0.25) is 0 Å². The summed E-state index contributed by atoms with van der Waals surface area (Å²) in [6, 6.07) is 0.800. The molecule has 0 heterocycles. The van der Waals surface area contributed by atoms with Crippen molar-refractivity contribution in [2.45, 2.75) is 59.9 Å². The lowest BCUT2D eigenvalue weighted by Gasteiger charge is -2.26. The van der Waals surface area contributed by atoms with Gasteiger partial charge in [0.1, 0.15) is 0 Å². The fourth-order valence-corrected chi connectivity index (χ4v) is 1.49. The van der Waals surface area contributed by atoms with Gasteiger partial charge in [-0.2, -0.15) is 0 Å². The molecule has 0 aromatic heterocycles. The Kier molecular flexibility index (Phi) is 4.81. The van der Waals surface area contributed by atoms with Crippen molar-refractivity contribution >= 4 is 0 Å². The summed E-state index contributed by atoms with van der Waals surface area (Å²) >= 11 is 0. The molecule has 0 atom stereocenters. The van der Waals surface area contributed by atoms with Crippen LogP contribution in [0.4, 0.5) is 0 Å². The largest absolute Gasteiger partial charge is 0.381 e. The molecule has 0 amide bonds. The molecular weight excluding hydrogens is 198 g/mol. The predicted octanol–water partition coefficient (Wildman–Crippen LogP) is 3.22. The third-order valence-electron chi connectivity index (χ3n) is 2.94. The Bertz CT molecular complexity index is 201. The van der Waals surface area contributed by atoms with Gasteiger partial charge in [-0.25, -0.2) is 0 Å². The second kappa shape index (κ2) is 5.50. The minimum atomic E-state index is 0.264. The van der Waals surface area contributed by atoms with Gasteiger partial charge in [0.2, 0.25) is 0 Å². The fourth-order valence-electron chi connectivity index (χ4n) is 1.49. The van der Waals surface area contributed by atoms with Crippen LogP contribution in [0.3, 0.4) is 0 Å². The minimum absolute atomic E-state index is 0.264. The van der Waals surface area contributed by atoms with Crippen LogP contribution in [0, 0.1) is 10.8 Å². The van der Waals surface area contributed by atoms with E-state index in [-0.39, 0.29) is 5.41 Å². The summed E-state index contributed by atoms with van der Waals surface area (Å²) in [6.07, 6.45) is 3.86. The topological polar surface area (TPSA) is 21.3 Å². The van der Waals surface area contributed by atoms with Crippen molar-refractivity contribution in [2.24, 2.45) is 10.8 Å². The van der Waals surface area contributed by atoms with E-state index in [1.165, 1.54) is 12.8 Å². The van der Waals surface area contributed by atoms with Gasteiger partial charge in [-0.3, -0.25) is 0 Å². The highest BCUT2D eigenvalue weighted by molar-refractivity contribution is 4.84. The molecule has 1 saturated carbocycles. The molecule has 0 radical (unpaired) electrons. The normalized spacial score (nSPS) is 17.8. The number of hydrogen-bond donors (Lipinski definition) is 1. The van der Waals surface area contributed by atoms with E-state index in [0.29, 0.717) is 5.41 Å². The maximum Gasteiger partial charge on any atom is 0.0529 e. The van der Waals surface area contributed by atoms with Crippen molar-refractivity contribution < 1.29 is 4.74 Å². The molecule has 96 valence electrons. The summed E-state index contributed by atoms with van der Waals surface area (Å²) in [4.78, 5) is 0. The first-order chi connectivity index (χ1) is 7.29. The van der Waals surface area contributed by atoms with E-state index < -0.39 is 0 Å². The van der Waals surface area contributed by atoms with Gasteiger partial charge in [-0.15, -0.1) is 0 Å². The number of nitrogens with one attached hydrogen (secondary N) is 1. The van der Waals surface area contributed by atoms with Crippen molar-refractivity contribution in [1.82, 2.24) is 5.32 Å². The van der Waals surface area contributed by atoms with Crippen molar-refractivity contribution in [2.75, 3.05) is 19.8 Å². The van der Waals surface area contributed by atoms with Crippen LogP contribution in [0.25, 0.3) is 0 Å². The highest BCUT2D eigenvalue weighted by Gasteiger charge is 2.25. The number of hydrogen-bond acceptors (Lipinski definition) is 2. The summed E-state index contributed by atoms with van der Waals surface area (Å²) in [7, 11) is 0. The van der Waals surface area contributed by atoms with Gasteiger partial charge in [-0.1, -0.05) is 34.6 Å². The Labute approximate surface area is 101 Å². The minimum Gasteiger partial charge on any atom is -0.381 e. The molecular formula is C14H29NO. The zero-order valence-corrected chi connectivity index (χ0v) is 11.7. The molecule has 1 aliphatic carbocycles. The van der Waals surface area contributed by atoms with Crippen LogP contribution in [0.15, 0.2) is 0 Å². The molecule has 1 rings (SSSR count). The smallest absolute Gasteiger partial charge is 0.0529 e. The Morgan fingerprint density at radius 3 is 2.25 bits per heavy atom. The first kappa shape index (κ1) is 14.0. The van der Waals surface area contributed by atoms with Gasteiger partial charge in [0.05, 0.1) is 6.61 Å². The molecule has 0 aromatic carbocycles. The zero-order chi connectivity index (χ0) is 12.2. The van der Waals surface area contributed by atoms with Crippen molar-refractivity contribution in [1.29, 1.82) is 0 Å². The fraction of sp³-hybridized carbons (Fsp3) is 1.00. The van der Waals surface area contributed by atoms with Gasteiger partial charge >= 0.3 is 0 Å². The molecule has 2 heteroatoms. The lowest BCUT2D eigenvalue weighted by Crippen LogP contribution is -2.34. The average molecular weight is 227 g/mol. The quantitative estimate of drug-likeness (QED) is 0.674. The Balaban J connectivity index is 2.04. The van der Waals surface area contributed by atoms with Gasteiger partial charge < -0.3 is 10.1 Å². The van der Waals surface area contributed by atoms with E-state index in [1.807, 2.05) is 0 Å². The number of ether oxygens (including phenoxy) is 1. The summed E-state index contributed by atoms with van der Waals surface area (Å²) in [6.45, 7) is 14.2. The SMILES string of the molecule is CC(C)(C)CCOCC(C)(C)CNC1CC1. The van der Waals surface area contributed by atoms with Crippen molar-refractivity contribution in [3.05, 3.63) is 0 Å². The van der Waals surface area contributed by atoms with Crippen molar-refractivity contribution in [3.8, 4) is 0 Å². The number of rotatable bonds is 7. The molecule has 0 aliphatic heterocycles. The monoisotopic (exact) mass is 227 g/mol. The van der Waals surface area contributed by atoms with Crippen LogP contribution in [0.5, 0.6) is 0 Å². The molecule has 16 heavy (non-hydrogen) atoms. The summed E-state index contributed by atoms with van der Waals surface area (Å²) in [5.41, 5.74) is 0.650. The van der Waals surface area contributed by atoms with Gasteiger partial charge in [0.15, 0.2) is 0 Å². The van der Waals surface area contributed by atoms with Gasteiger partial charge in [0.25, 0.3) is 0 Å². The van der Waals surface area contributed by atoms with Crippen LogP contribution in [-0.4, -0.2) is 25.8 Å². The highest BCUT2D eigenvalue weighted by Crippen LogP contribution is 2.23. The third kappa shape index (κ3) is 7.24. The lowest BCUT2D eigenvalue weighted by atomic mass is 9.92. The van der Waals surface area contributed by atoms with E-state index in [2.05, 4.69) is 39.9 Å². The van der Waals surface area contributed by atoms with Gasteiger partial charge in [-0.05, 0) is 24.7 Å². The molecule has 0 spiro atoms. The standard InChI is InChI=1S/C14H29NO/c1-13(2,3)8-9-16-11-14(4,5)10-15-12-6-7-12/h12,15H,6-11H2,1-5H3. The lowest BCUT2D eigenvalue weighted by molar-refractivity contribution is 0.0477. The summed E-state index contributed by atoms with van der Waals surface area (Å²) in [5, 5.41) is 3.57. The Hall–Kier alpha value is -0.0800. The van der Waals surface area contributed by atoms with Crippen LogP contribution in [0.1, 0.15) is 53.9 Å². The Morgan fingerprint density at radius 2 is 1.75 bits per heavy atom. The van der Waals surface area contributed by atoms with E-state index in [4.69, 9.17) is 4.74 Å². The van der Waals surface area contributed by atoms with E-state index in [1.54, 1.807) is 0 Å². The molecule has 0 aromatic rings. The van der Waals surface area contributed by atoms with Crippen LogP contribution >= 0.6 is 0 Å². The maximum atomic E-state index is 5.79. The second-order valence-electron chi connectivity index (χ2n) is 7.18. The van der Waals surface area contributed by atoms with E-state index in [9.17, 15) is 0 Å². The molecule has 0 bridgehead atoms. The first-order valence-electron chi connectivity index (χ1n) is 6.60. The molecule has 1 aliphatic rings. The second-order valence-corrected chi connectivity index (χ2v) is 7.18. The first-order valence-corrected chi connectivity index (χ1v) is 6.60. The van der Waals surface area contributed by atoms with Gasteiger partial charge in [0, 0.05) is 24.6 Å². The summed E-state index contributed by atoms with van der Waals surface area (Å²) in [5.74, 6) is 0. The third-order valence-corrected chi connectivity index (χ3v) is 2.94. The Morgan fingerprint density at radius 1 is 1.12 bits per heavy atom. The molecule has 2 nitrogen and oxygen atoms in total. The van der Waals surface area contributed by atoms with Crippen LogP contribution < -0.4 is 5.32 Å². The maximum absolute atomic E-state index is 5.79. The molecule has 0 saturated heterocycles. The van der Waals surface area contributed by atoms with E-state index >= 15 is 0 Å². The molecule has 1 N–H and O–H groups in total. The zero-order valence-electron chi connectivity index (χ0n) is 11.7.